The van der Waals surface area contributed by atoms with Crippen molar-refractivity contribution in [3.05, 3.63) is 59.7 Å². The molecule has 1 aliphatic rings. The highest BCUT2D eigenvalue weighted by Crippen LogP contribution is 2.28. The molecule has 0 bridgehead atoms. The van der Waals surface area contributed by atoms with Gasteiger partial charge >= 0.3 is 0 Å². The van der Waals surface area contributed by atoms with E-state index in [1.165, 1.54) is 0 Å². The van der Waals surface area contributed by atoms with E-state index in [9.17, 15) is 0 Å². The molecule has 0 aromatic heterocycles. The molecule has 0 saturated carbocycles. The van der Waals surface area contributed by atoms with Crippen molar-refractivity contribution in [2.75, 3.05) is 18.1 Å². The van der Waals surface area contributed by atoms with Crippen molar-refractivity contribution in [3.63, 3.8) is 0 Å². The maximum Gasteiger partial charge on any atom is 0.172 e. The van der Waals surface area contributed by atoms with Gasteiger partial charge in [-0.2, -0.15) is 0 Å². The first-order chi connectivity index (χ1) is 10.3. The van der Waals surface area contributed by atoms with E-state index in [1.807, 2.05) is 42.5 Å². The summed E-state index contributed by atoms with van der Waals surface area (Å²) in [6.45, 7) is 2.07. The number of hydrogen-bond acceptors (Lipinski definition) is 4. The summed E-state index contributed by atoms with van der Waals surface area (Å²) in [4.78, 5) is 2.18. The minimum absolute atomic E-state index is 0.115. The Morgan fingerprint density at radius 2 is 1.90 bits per heavy atom. The van der Waals surface area contributed by atoms with Gasteiger partial charge in [0, 0.05) is 23.4 Å². The Hall–Kier alpha value is -2.69. The molecule has 1 aliphatic heterocycles. The molecule has 0 amide bonds. The van der Waals surface area contributed by atoms with Gasteiger partial charge in [0.2, 0.25) is 0 Å². The van der Waals surface area contributed by atoms with E-state index in [2.05, 4.69) is 16.1 Å². The van der Waals surface area contributed by atoms with E-state index in [0.29, 0.717) is 6.61 Å². The second-order valence-electron chi connectivity index (χ2n) is 4.88. The van der Waals surface area contributed by atoms with Crippen LogP contribution in [0.1, 0.15) is 11.1 Å². The van der Waals surface area contributed by atoms with Crippen LogP contribution in [-0.4, -0.2) is 24.2 Å². The number of fused-ring (bicyclic) bond motifs is 1. The van der Waals surface area contributed by atoms with Crippen molar-refractivity contribution in [1.29, 1.82) is 0 Å². The fourth-order valence-corrected chi connectivity index (χ4v) is 2.55. The first-order valence-corrected chi connectivity index (χ1v) is 6.82. The standard InChI is InChI=1S/C16H17N3O2/c17-16(18-20)13-6-2-3-7-14(13)19-9-10-21-15-8-4-1-5-12(15)11-19/h1-8,20H,9-11H2,(H2,17,18). The number of ether oxygens (including phenoxy) is 1. The summed E-state index contributed by atoms with van der Waals surface area (Å²) in [5.41, 5.74) is 8.57. The Bertz CT molecular complexity index is 670. The minimum Gasteiger partial charge on any atom is -0.491 e. The molecule has 21 heavy (non-hydrogen) atoms. The highest BCUT2D eigenvalue weighted by molar-refractivity contribution is 6.02. The first-order valence-electron chi connectivity index (χ1n) is 6.82. The van der Waals surface area contributed by atoms with Crippen molar-refractivity contribution >= 4 is 11.5 Å². The molecule has 5 heteroatoms. The molecule has 2 aromatic rings. The third kappa shape index (κ3) is 2.63. The third-order valence-electron chi connectivity index (χ3n) is 3.58. The Morgan fingerprint density at radius 3 is 2.76 bits per heavy atom. The van der Waals surface area contributed by atoms with Crippen LogP contribution >= 0.6 is 0 Å². The molecule has 2 aromatic carbocycles. The number of rotatable bonds is 2. The largest absolute Gasteiger partial charge is 0.491 e. The highest BCUT2D eigenvalue weighted by Gasteiger charge is 2.18. The van der Waals surface area contributed by atoms with Crippen LogP contribution in [-0.2, 0) is 6.54 Å². The highest BCUT2D eigenvalue weighted by atomic mass is 16.5. The SMILES string of the molecule is NC(=NO)c1ccccc1N1CCOc2ccccc2C1. The summed E-state index contributed by atoms with van der Waals surface area (Å²) >= 11 is 0. The van der Waals surface area contributed by atoms with Gasteiger partial charge in [0.25, 0.3) is 0 Å². The van der Waals surface area contributed by atoms with Crippen LogP contribution in [0.15, 0.2) is 53.7 Å². The van der Waals surface area contributed by atoms with Gasteiger partial charge in [-0.1, -0.05) is 35.5 Å². The minimum atomic E-state index is 0.115. The van der Waals surface area contributed by atoms with Gasteiger partial charge in [-0.05, 0) is 18.2 Å². The molecule has 1 heterocycles. The molecular formula is C16H17N3O2. The molecule has 0 unspecified atom stereocenters. The lowest BCUT2D eigenvalue weighted by molar-refractivity contribution is 0.318. The number of oxime groups is 1. The fraction of sp³-hybridized carbons (Fsp3) is 0.188. The van der Waals surface area contributed by atoms with Gasteiger partial charge in [0.1, 0.15) is 12.4 Å². The third-order valence-corrected chi connectivity index (χ3v) is 3.58. The van der Waals surface area contributed by atoms with Crippen LogP contribution in [0.5, 0.6) is 5.75 Å². The molecule has 0 radical (unpaired) electrons. The zero-order valence-electron chi connectivity index (χ0n) is 11.6. The number of para-hydroxylation sites is 2. The van der Waals surface area contributed by atoms with Crippen molar-refractivity contribution in [1.82, 2.24) is 0 Å². The Balaban J connectivity index is 1.98. The van der Waals surface area contributed by atoms with E-state index in [4.69, 9.17) is 15.7 Å². The zero-order valence-corrected chi connectivity index (χ0v) is 11.6. The second kappa shape index (κ2) is 5.75. The lowest BCUT2D eigenvalue weighted by atomic mass is 10.1. The molecule has 0 aliphatic carbocycles. The van der Waals surface area contributed by atoms with E-state index >= 15 is 0 Å². The van der Waals surface area contributed by atoms with Gasteiger partial charge < -0.3 is 20.6 Å². The second-order valence-corrected chi connectivity index (χ2v) is 4.88. The molecular weight excluding hydrogens is 266 g/mol. The van der Waals surface area contributed by atoms with Crippen molar-refractivity contribution in [2.24, 2.45) is 10.9 Å². The van der Waals surface area contributed by atoms with E-state index in [0.717, 1.165) is 35.7 Å². The molecule has 3 N–H and O–H groups in total. The lowest BCUT2D eigenvalue weighted by Gasteiger charge is -2.24. The molecule has 5 nitrogen and oxygen atoms in total. The summed E-state index contributed by atoms with van der Waals surface area (Å²) in [5, 5.41) is 12.1. The van der Waals surface area contributed by atoms with Gasteiger partial charge in [0.05, 0.1) is 6.54 Å². The van der Waals surface area contributed by atoms with Crippen LogP contribution < -0.4 is 15.4 Å². The topological polar surface area (TPSA) is 71.1 Å². The number of benzene rings is 2. The molecule has 0 saturated heterocycles. The summed E-state index contributed by atoms with van der Waals surface area (Å²) < 4.78 is 5.77. The molecule has 3 rings (SSSR count). The maximum absolute atomic E-state index is 8.94. The predicted octanol–water partition coefficient (Wildman–Crippen LogP) is 2.18. The van der Waals surface area contributed by atoms with Crippen molar-refractivity contribution < 1.29 is 9.94 Å². The number of anilines is 1. The Morgan fingerprint density at radius 1 is 1.14 bits per heavy atom. The summed E-state index contributed by atoms with van der Waals surface area (Å²) in [6, 6.07) is 15.7. The average molecular weight is 283 g/mol. The van der Waals surface area contributed by atoms with Crippen LogP contribution in [0.4, 0.5) is 5.69 Å². The Kier molecular flexibility index (Phi) is 3.64. The van der Waals surface area contributed by atoms with Crippen molar-refractivity contribution in [3.8, 4) is 5.75 Å². The lowest BCUT2D eigenvalue weighted by Crippen LogP contribution is -2.28. The number of nitrogens with zero attached hydrogens (tertiary/aromatic N) is 2. The summed E-state index contributed by atoms with van der Waals surface area (Å²) in [5.74, 6) is 1.03. The molecule has 0 atom stereocenters. The predicted molar refractivity (Wildman–Crippen MR) is 81.9 cm³/mol. The zero-order chi connectivity index (χ0) is 14.7. The van der Waals surface area contributed by atoms with Crippen molar-refractivity contribution in [2.45, 2.75) is 6.54 Å². The average Bonchev–Trinajstić information content (AvgIpc) is 2.76. The van der Waals surface area contributed by atoms with Crippen LogP contribution in [0.25, 0.3) is 0 Å². The number of hydrogen-bond donors (Lipinski definition) is 2. The quantitative estimate of drug-likeness (QED) is 0.383. The first kappa shape index (κ1) is 13.3. The summed E-state index contributed by atoms with van der Waals surface area (Å²) in [6.07, 6.45) is 0. The maximum atomic E-state index is 8.94. The number of amidine groups is 1. The Labute approximate surface area is 123 Å². The smallest absolute Gasteiger partial charge is 0.172 e. The summed E-state index contributed by atoms with van der Waals surface area (Å²) in [7, 11) is 0. The normalized spacial score (nSPS) is 15.0. The van der Waals surface area contributed by atoms with Gasteiger partial charge in [-0.15, -0.1) is 0 Å². The van der Waals surface area contributed by atoms with Gasteiger partial charge in [-0.25, -0.2) is 0 Å². The van der Waals surface area contributed by atoms with Crippen LogP contribution in [0.3, 0.4) is 0 Å². The monoisotopic (exact) mass is 283 g/mol. The van der Waals surface area contributed by atoms with E-state index in [-0.39, 0.29) is 5.84 Å². The fourth-order valence-electron chi connectivity index (χ4n) is 2.55. The van der Waals surface area contributed by atoms with Crippen LogP contribution in [0.2, 0.25) is 0 Å². The molecule has 0 spiro atoms. The molecule has 108 valence electrons. The van der Waals surface area contributed by atoms with E-state index in [1.54, 1.807) is 0 Å². The van der Waals surface area contributed by atoms with Crippen LogP contribution in [0, 0.1) is 0 Å². The van der Waals surface area contributed by atoms with Gasteiger partial charge in [-0.3, -0.25) is 0 Å². The van der Waals surface area contributed by atoms with E-state index < -0.39 is 0 Å². The van der Waals surface area contributed by atoms with Gasteiger partial charge in [0.15, 0.2) is 5.84 Å². The molecule has 0 fully saturated rings. The number of nitrogens with two attached hydrogens (primary N) is 1.